The zero-order valence-corrected chi connectivity index (χ0v) is 17.8. The molecule has 0 saturated carbocycles. The van der Waals surface area contributed by atoms with Crippen molar-refractivity contribution < 1.29 is 4.79 Å². The molecule has 7 nitrogen and oxygen atoms in total. The van der Waals surface area contributed by atoms with Crippen molar-refractivity contribution in [3.05, 3.63) is 76.3 Å². The van der Waals surface area contributed by atoms with E-state index in [1.54, 1.807) is 50.8 Å². The van der Waals surface area contributed by atoms with Crippen molar-refractivity contribution in [1.29, 1.82) is 0 Å². The molecule has 2 aliphatic rings. The minimum absolute atomic E-state index is 0.0765. The number of carbonyl (C=O) groups excluding carboxylic acids is 1. The number of imidazole rings is 1. The summed E-state index contributed by atoms with van der Waals surface area (Å²) in [6.45, 7) is 0.411. The normalized spacial score (nSPS) is 10.9. The van der Waals surface area contributed by atoms with Crippen LogP contribution in [0.1, 0.15) is 15.9 Å². The van der Waals surface area contributed by atoms with Gasteiger partial charge in [0.25, 0.3) is 5.91 Å². The van der Waals surface area contributed by atoms with Crippen LogP contribution in [0.3, 0.4) is 0 Å². The first-order chi connectivity index (χ1) is 14.4. The molecule has 2 heterocycles. The molecule has 30 heavy (non-hydrogen) atoms. The van der Waals surface area contributed by atoms with Crippen molar-refractivity contribution >= 4 is 40.6 Å². The van der Waals surface area contributed by atoms with Crippen molar-refractivity contribution in [2.24, 2.45) is 0 Å². The van der Waals surface area contributed by atoms with Crippen molar-refractivity contribution in [3.8, 4) is 11.5 Å². The van der Waals surface area contributed by atoms with Gasteiger partial charge >= 0.3 is 0 Å². The van der Waals surface area contributed by atoms with Gasteiger partial charge in [0, 0.05) is 41.0 Å². The highest BCUT2D eigenvalue weighted by Gasteiger charge is 2.19. The van der Waals surface area contributed by atoms with Gasteiger partial charge in [-0.2, -0.15) is 0 Å². The van der Waals surface area contributed by atoms with Crippen molar-refractivity contribution in [2.75, 3.05) is 19.4 Å². The predicted octanol–water partition coefficient (Wildman–Crippen LogP) is 4.58. The number of aromatic nitrogens is 4. The van der Waals surface area contributed by atoms with Crippen molar-refractivity contribution in [2.45, 2.75) is 6.54 Å². The number of benzene rings is 2. The van der Waals surface area contributed by atoms with Gasteiger partial charge in [0.05, 0.1) is 12.9 Å². The molecule has 1 N–H and O–H groups in total. The Morgan fingerprint density at radius 3 is 2.53 bits per heavy atom. The Morgan fingerprint density at radius 2 is 1.80 bits per heavy atom. The molecule has 152 valence electrons. The summed E-state index contributed by atoms with van der Waals surface area (Å²) in [4.78, 5) is 27.0. The lowest BCUT2D eigenvalue weighted by Crippen LogP contribution is -2.21. The van der Waals surface area contributed by atoms with Crippen LogP contribution in [-0.2, 0) is 6.54 Å². The maximum absolute atomic E-state index is 12.2. The van der Waals surface area contributed by atoms with Crippen LogP contribution in [0.25, 0.3) is 11.5 Å². The van der Waals surface area contributed by atoms with E-state index in [0.717, 1.165) is 11.3 Å². The third-order valence-corrected chi connectivity index (χ3v) is 5.28. The van der Waals surface area contributed by atoms with Gasteiger partial charge in [-0.05, 0) is 30.3 Å². The van der Waals surface area contributed by atoms with Crippen LogP contribution in [0.2, 0.25) is 10.0 Å². The number of amides is 1. The van der Waals surface area contributed by atoms with E-state index in [0.29, 0.717) is 39.5 Å². The molecular weight excluding hydrogens is 423 g/mol. The smallest absolute Gasteiger partial charge is 0.253 e. The molecule has 0 aliphatic carbocycles. The Bertz CT molecular complexity index is 1170. The summed E-state index contributed by atoms with van der Waals surface area (Å²) < 4.78 is 1.84. The standard InChI is InChI=1S/C21H18Cl2N6O/c1-28(2)21(30)13-5-3-6-14(9-13)27-19-18-20(25-11-24-18)29(12-26-19)10-15-16(22)7-4-8-17(15)23/h3-9,11-12,27H,10H2,1-2H3. The Morgan fingerprint density at radius 1 is 1.07 bits per heavy atom. The fourth-order valence-corrected chi connectivity index (χ4v) is 3.58. The Kier molecular flexibility index (Phi) is 5.57. The molecule has 0 fully saturated rings. The molecule has 2 aromatic rings. The summed E-state index contributed by atoms with van der Waals surface area (Å²) in [5.41, 5.74) is 2.69. The Hall–Kier alpha value is -3.16. The second kappa shape index (κ2) is 8.30. The number of anilines is 2. The first kappa shape index (κ1) is 20.1. The van der Waals surface area contributed by atoms with Gasteiger partial charge in [0.15, 0.2) is 17.3 Å². The quantitative estimate of drug-likeness (QED) is 0.491. The molecule has 2 aromatic carbocycles. The molecule has 0 aromatic heterocycles. The second-order valence-corrected chi connectivity index (χ2v) is 7.69. The first-order valence-electron chi connectivity index (χ1n) is 9.11. The topological polar surface area (TPSA) is 75.9 Å². The van der Waals surface area contributed by atoms with Gasteiger partial charge in [-0.25, -0.2) is 15.0 Å². The highest BCUT2D eigenvalue weighted by Crippen LogP contribution is 2.30. The highest BCUT2D eigenvalue weighted by atomic mass is 35.5. The molecule has 2 aliphatic heterocycles. The van der Waals surface area contributed by atoms with Crippen LogP contribution >= 0.6 is 23.2 Å². The zero-order chi connectivity index (χ0) is 21.3. The molecule has 4 rings (SSSR count). The van der Waals surface area contributed by atoms with Crippen LogP contribution in [0.15, 0.2) is 55.1 Å². The number of rotatable bonds is 5. The number of carbonyl (C=O) groups is 1. The third-order valence-electron chi connectivity index (χ3n) is 4.57. The number of fused-ring (bicyclic) bond motifs is 1. The average Bonchev–Trinajstić information content (AvgIpc) is 3.22. The summed E-state index contributed by atoms with van der Waals surface area (Å²) in [7, 11) is 3.43. The zero-order valence-electron chi connectivity index (χ0n) is 16.3. The van der Waals surface area contributed by atoms with Gasteiger partial charge in [0.1, 0.15) is 6.33 Å². The number of hydrogen-bond donors (Lipinski definition) is 1. The van der Waals surface area contributed by atoms with E-state index in [2.05, 4.69) is 20.3 Å². The fourth-order valence-electron chi connectivity index (χ4n) is 3.07. The van der Waals surface area contributed by atoms with E-state index in [4.69, 9.17) is 23.2 Å². The largest absolute Gasteiger partial charge is 0.345 e. The van der Waals surface area contributed by atoms with Crippen LogP contribution in [-0.4, -0.2) is 44.4 Å². The summed E-state index contributed by atoms with van der Waals surface area (Å²) >= 11 is 12.6. The van der Waals surface area contributed by atoms with Crippen LogP contribution in [0.5, 0.6) is 0 Å². The van der Waals surface area contributed by atoms with Crippen molar-refractivity contribution in [3.63, 3.8) is 0 Å². The van der Waals surface area contributed by atoms with E-state index in [1.165, 1.54) is 11.2 Å². The molecule has 0 atom stereocenters. The van der Waals surface area contributed by atoms with Crippen LogP contribution < -0.4 is 5.32 Å². The lowest BCUT2D eigenvalue weighted by molar-refractivity contribution is 0.0827. The van der Waals surface area contributed by atoms with Crippen LogP contribution in [0.4, 0.5) is 11.5 Å². The van der Waals surface area contributed by atoms with Gasteiger partial charge in [-0.1, -0.05) is 35.3 Å². The van der Waals surface area contributed by atoms with E-state index < -0.39 is 0 Å². The van der Waals surface area contributed by atoms with E-state index >= 15 is 0 Å². The average molecular weight is 441 g/mol. The SMILES string of the molecule is CN(C)C(=O)c1cccc(Nc2ncn(Cc3c(Cl)cccc3Cl)c3ncnc2-3)c1. The van der Waals surface area contributed by atoms with E-state index in [9.17, 15) is 4.79 Å². The monoisotopic (exact) mass is 440 g/mol. The minimum Gasteiger partial charge on any atom is -0.345 e. The molecule has 1 amide bonds. The lowest BCUT2D eigenvalue weighted by Gasteiger charge is -2.16. The maximum Gasteiger partial charge on any atom is 0.253 e. The Balaban J connectivity index is 1.65. The Labute approximate surface area is 183 Å². The van der Waals surface area contributed by atoms with Gasteiger partial charge in [0.2, 0.25) is 0 Å². The number of hydrogen-bond acceptors (Lipinski definition) is 5. The first-order valence-corrected chi connectivity index (χ1v) is 9.87. The summed E-state index contributed by atoms with van der Waals surface area (Å²) in [6.07, 6.45) is 3.14. The molecule has 0 spiro atoms. The summed E-state index contributed by atoms with van der Waals surface area (Å²) in [6, 6.07) is 12.6. The summed E-state index contributed by atoms with van der Waals surface area (Å²) in [5, 5.41) is 4.38. The fraction of sp³-hybridized carbons (Fsp3) is 0.143. The maximum atomic E-state index is 12.2. The predicted molar refractivity (Wildman–Crippen MR) is 118 cm³/mol. The highest BCUT2D eigenvalue weighted by molar-refractivity contribution is 6.36. The minimum atomic E-state index is -0.0765. The molecule has 0 saturated heterocycles. The molecule has 0 unspecified atom stereocenters. The molecule has 9 heteroatoms. The van der Waals surface area contributed by atoms with Gasteiger partial charge in [-0.15, -0.1) is 0 Å². The van der Waals surface area contributed by atoms with E-state index in [1.807, 2.05) is 16.7 Å². The third kappa shape index (κ3) is 3.94. The molecule has 0 radical (unpaired) electrons. The van der Waals surface area contributed by atoms with E-state index in [-0.39, 0.29) is 5.91 Å². The number of nitrogens with zero attached hydrogens (tertiary/aromatic N) is 5. The number of halogens is 2. The molecule has 0 bridgehead atoms. The van der Waals surface area contributed by atoms with Gasteiger partial charge < -0.3 is 14.8 Å². The second-order valence-electron chi connectivity index (χ2n) is 6.87. The number of nitrogens with one attached hydrogen (secondary N) is 1. The lowest BCUT2D eigenvalue weighted by atomic mass is 10.1. The van der Waals surface area contributed by atoms with Crippen molar-refractivity contribution in [1.82, 2.24) is 24.4 Å². The van der Waals surface area contributed by atoms with Gasteiger partial charge in [-0.3, -0.25) is 4.79 Å². The molecular formula is C21H18Cl2N6O. The van der Waals surface area contributed by atoms with Crippen LogP contribution in [0, 0.1) is 0 Å². The summed E-state index contributed by atoms with van der Waals surface area (Å²) in [5.74, 6) is 1.11.